The third-order valence-corrected chi connectivity index (χ3v) is 3.56. The first kappa shape index (κ1) is 14.5. The van der Waals surface area contributed by atoms with Crippen molar-refractivity contribution < 1.29 is 9.26 Å². The van der Waals surface area contributed by atoms with Crippen molar-refractivity contribution in [3.05, 3.63) is 17.5 Å². The fourth-order valence-corrected chi connectivity index (χ4v) is 2.42. The Kier molecular flexibility index (Phi) is 5.86. The number of rotatable bonds is 6. The zero-order valence-corrected chi connectivity index (χ0v) is 12.2. The van der Waals surface area contributed by atoms with Crippen molar-refractivity contribution in [1.82, 2.24) is 10.5 Å². The second-order valence-corrected chi connectivity index (χ2v) is 5.74. The molecular formula is C15H26N2O2. The molecule has 4 heteroatoms. The van der Waals surface area contributed by atoms with Gasteiger partial charge in [-0.2, -0.15) is 0 Å². The number of hydrogen-bond acceptors (Lipinski definition) is 4. The molecule has 19 heavy (non-hydrogen) atoms. The Bertz CT molecular complexity index is 355. The van der Waals surface area contributed by atoms with Gasteiger partial charge >= 0.3 is 0 Å². The Morgan fingerprint density at radius 3 is 2.74 bits per heavy atom. The second kappa shape index (κ2) is 7.65. The first-order valence-corrected chi connectivity index (χ1v) is 7.53. The Hall–Kier alpha value is -0.870. The molecule has 2 rings (SSSR count). The smallest absolute Gasteiger partial charge is 0.162 e. The van der Waals surface area contributed by atoms with Crippen molar-refractivity contribution in [1.29, 1.82) is 0 Å². The quantitative estimate of drug-likeness (QED) is 0.802. The van der Waals surface area contributed by atoms with E-state index >= 15 is 0 Å². The molecule has 0 unspecified atom stereocenters. The van der Waals surface area contributed by atoms with Crippen LogP contribution in [-0.4, -0.2) is 17.3 Å². The lowest BCUT2D eigenvalue weighted by Gasteiger charge is -2.13. The fourth-order valence-electron chi connectivity index (χ4n) is 2.42. The van der Waals surface area contributed by atoms with E-state index in [0.717, 1.165) is 18.0 Å². The molecule has 0 spiro atoms. The molecule has 1 aliphatic carbocycles. The van der Waals surface area contributed by atoms with Gasteiger partial charge in [0.15, 0.2) is 5.76 Å². The summed E-state index contributed by atoms with van der Waals surface area (Å²) in [5.41, 5.74) is 0.952. The Morgan fingerprint density at radius 1 is 1.32 bits per heavy atom. The average molecular weight is 266 g/mol. The van der Waals surface area contributed by atoms with Gasteiger partial charge in [-0.25, -0.2) is 0 Å². The third kappa shape index (κ3) is 5.33. The molecule has 1 heterocycles. The number of ether oxygens (including phenoxy) is 1. The van der Waals surface area contributed by atoms with Crippen LogP contribution in [0.2, 0.25) is 0 Å². The van der Waals surface area contributed by atoms with Crippen LogP contribution in [0.1, 0.15) is 63.8 Å². The highest BCUT2D eigenvalue weighted by molar-refractivity contribution is 5.04. The van der Waals surface area contributed by atoms with E-state index in [9.17, 15) is 0 Å². The number of aromatic nitrogens is 1. The van der Waals surface area contributed by atoms with Crippen molar-refractivity contribution in [2.45, 2.75) is 77.7 Å². The molecule has 0 aromatic carbocycles. The fraction of sp³-hybridized carbons (Fsp3) is 0.800. The lowest BCUT2D eigenvalue weighted by molar-refractivity contribution is 0.0195. The summed E-state index contributed by atoms with van der Waals surface area (Å²) < 4.78 is 11.2. The number of nitrogens with one attached hydrogen (secondary N) is 1. The molecule has 1 aromatic rings. The van der Waals surface area contributed by atoms with Crippen LogP contribution in [0.25, 0.3) is 0 Å². The normalized spacial score (nSPS) is 17.8. The SMILES string of the molecule is CC(C)NCc1cc(COC2CCCCCC2)on1. The minimum absolute atomic E-state index is 0.407. The van der Waals surface area contributed by atoms with Crippen LogP contribution >= 0.6 is 0 Å². The highest BCUT2D eigenvalue weighted by Gasteiger charge is 2.14. The molecule has 108 valence electrons. The molecule has 4 nitrogen and oxygen atoms in total. The van der Waals surface area contributed by atoms with Gasteiger partial charge in [-0.1, -0.05) is 44.7 Å². The minimum atomic E-state index is 0.407. The molecule has 0 bridgehead atoms. The molecule has 0 atom stereocenters. The maximum atomic E-state index is 5.93. The summed E-state index contributed by atoms with van der Waals surface area (Å²) in [5, 5.41) is 7.38. The van der Waals surface area contributed by atoms with Crippen molar-refractivity contribution in [3.63, 3.8) is 0 Å². The molecule has 1 N–H and O–H groups in total. The highest BCUT2D eigenvalue weighted by atomic mass is 16.5. The number of hydrogen-bond donors (Lipinski definition) is 1. The van der Waals surface area contributed by atoms with Crippen molar-refractivity contribution in [2.24, 2.45) is 0 Å². The van der Waals surface area contributed by atoms with E-state index in [-0.39, 0.29) is 0 Å². The largest absolute Gasteiger partial charge is 0.370 e. The zero-order chi connectivity index (χ0) is 13.5. The first-order chi connectivity index (χ1) is 9.24. The zero-order valence-electron chi connectivity index (χ0n) is 12.2. The molecule has 1 aliphatic rings. The van der Waals surface area contributed by atoms with E-state index in [0.29, 0.717) is 18.8 Å². The summed E-state index contributed by atoms with van der Waals surface area (Å²) in [6, 6.07) is 2.45. The van der Waals surface area contributed by atoms with Gasteiger partial charge in [0, 0.05) is 18.7 Å². The van der Waals surface area contributed by atoms with Crippen LogP contribution in [0.15, 0.2) is 10.6 Å². The van der Waals surface area contributed by atoms with E-state index in [1.807, 2.05) is 6.07 Å². The van der Waals surface area contributed by atoms with E-state index in [1.54, 1.807) is 0 Å². The summed E-state index contributed by atoms with van der Waals surface area (Å²) in [6.07, 6.45) is 8.09. The molecule has 0 radical (unpaired) electrons. The summed E-state index contributed by atoms with van der Waals surface area (Å²) in [7, 11) is 0. The molecule has 1 saturated carbocycles. The van der Waals surface area contributed by atoms with Crippen LogP contribution in [-0.2, 0) is 17.9 Å². The van der Waals surface area contributed by atoms with Crippen LogP contribution in [0, 0.1) is 0 Å². The lowest BCUT2D eigenvalue weighted by atomic mass is 10.1. The van der Waals surface area contributed by atoms with Gasteiger partial charge in [-0.05, 0) is 12.8 Å². The second-order valence-electron chi connectivity index (χ2n) is 5.74. The molecule has 1 aromatic heterocycles. The van der Waals surface area contributed by atoms with Crippen LogP contribution < -0.4 is 5.32 Å². The van der Waals surface area contributed by atoms with Crippen molar-refractivity contribution in [2.75, 3.05) is 0 Å². The topological polar surface area (TPSA) is 47.3 Å². The average Bonchev–Trinajstić information content (AvgIpc) is 2.68. The molecule has 0 saturated heterocycles. The van der Waals surface area contributed by atoms with E-state index < -0.39 is 0 Å². The summed E-state index contributed by atoms with van der Waals surface area (Å²) in [6.45, 7) is 5.55. The molecule has 1 fully saturated rings. The van der Waals surface area contributed by atoms with Crippen LogP contribution in [0.5, 0.6) is 0 Å². The van der Waals surface area contributed by atoms with E-state index in [2.05, 4.69) is 24.3 Å². The maximum absolute atomic E-state index is 5.93. The predicted molar refractivity (Wildman–Crippen MR) is 74.8 cm³/mol. The van der Waals surface area contributed by atoms with Gasteiger partial charge in [0.25, 0.3) is 0 Å². The van der Waals surface area contributed by atoms with Crippen LogP contribution in [0.4, 0.5) is 0 Å². The number of nitrogens with zero attached hydrogens (tertiary/aromatic N) is 1. The third-order valence-electron chi connectivity index (χ3n) is 3.56. The molecular weight excluding hydrogens is 240 g/mol. The van der Waals surface area contributed by atoms with Crippen LogP contribution in [0.3, 0.4) is 0 Å². The summed E-state index contributed by atoms with van der Waals surface area (Å²) in [5.74, 6) is 0.838. The summed E-state index contributed by atoms with van der Waals surface area (Å²) >= 11 is 0. The molecule has 0 aliphatic heterocycles. The highest BCUT2D eigenvalue weighted by Crippen LogP contribution is 2.21. The summed E-state index contributed by atoms with van der Waals surface area (Å²) in [4.78, 5) is 0. The van der Waals surface area contributed by atoms with Gasteiger partial charge in [0.1, 0.15) is 6.61 Å². The van der Waals surface area contributed by atoms with Gasteiger partial charge in [0.2, 0.25) is 0 Å². The van der Waals surface area contributed by atoms with Crippen molar-refractivity contribution >= 4 is 0 Å². The first-order valence-electron chi connectivity index (χ1n) is 7.53. The lowest BCUT2D eigenvalue weighted by Crippen LogP contribution is -2.21. The van der Waals surface area contributed by atoms with Gasteiger partial charge < -0.3 is 14.6 Å². The molecule has 0 amide bonds. The monoisotopic (exact) mass is 266 g/mol. The van der Waals surface area contributed by atoms with Gasteiger partial charge in [0.05, 0.1) is 11.8 Å². The van der Waals surface area contributed by atoms with Crippen molar-refractivity contribution in [3.8, 4) is 0 Å². The standard InChI is InChI=1S/C15H26N2O2/c1-12(2)16-10-13-9-15(19-17-13)11-18-14-7-5-3-4-6-8-14/h9,12,14,16H,3-8,10-11H2,1-2H3. The maximum Gasteiger partial charge on any atom is 0.162 e. The predicted octanol–water partition coefficient (Wildman–Crippen LogP) is 3.41. The Balaban J connectivity index is 1.73. The van der Waals surface area contributed by atoms with Gasteiger partial charge in [-0.3, -0.25) is 0 Å². The minimum Gasteiger partial charge on any atom is -0.370 e. The Labute approximate surface area is 115 Å². The van der Waals surface area contributed by atoms with Gasteiger partial charge in [-0.15, -0.1) is 0 Å². The van der Waals surface area contributed by atoms with E-state index in [1.165, 1.54) is 38.5 Å². The Morgan fingerprint density at radius 2 is 2.05 bits per heavy atom. The van der Waals surface area contributed by atoms with E-state index in [4.69, 9.17) is 9.26 Å².